The molecule has 0 aromatic rings. The number of carboxylic acid groups (broad SMARTS) is 1. The van der Waals surface area contributed by atoms with Crippen LogP contribution < -0.4 is 48.7 Å². The Morgan fingerprint density at radius 3 is 1.91 bits per heavy atom. The van der Waals surface area contributed by atoms with E-state index in [4.69, 9.17) is 11.5 Å². The number of hydrogen-bond acceptors (Lipinski definition) is 11. The van der Waals surface area contributed by atoms with Crippen LogP contribution in [0.1, 0.15) is 52.9 Å². The second-order valence-electron chi connectivity index (χ2n) is 11.3. The Hall–Kier alpha value is -4.85. The van der Waals surface area contributed by atoms with Crippen molar-refractivity contribution < 1.29 is 53.4 Å². The van der Waals surface area contributed by atoms with Crippen LogP contribution in [-0.4, -0.2) is 119 Å². The number of nitrogens with two attached hydrogens (primary N) is 2. The van der Waals surface area contributed by atoms with Gasteiger partial charge in [-0.15, -0.1) is 0 Å². The molecule has 264 valence electrons. The highest BCUT2D eigenvalue weighted by atomic mass is 16.4. The first-order valence-electron chi connectivity index (χ1n) is 14.9. The maximum absolute atomic E-state index is 13.2. The number of carbonyl (C=O) groups is 9. The molecular weight excluding hydrogens is 626 g/mol. The molecule has 6 atom stereocenters. The van der Waals surface area contributed by atoms with E-state index in [0.717, 1.165) is 6.42 Å². The summed E-state index contributed by atoms with van der Waals surface area (Å²) in [5.41, 5.74) is 10.2. The van der Waals surface area contributed by atoms with Gasteiger partial charge in [-0.2, -0.15) is 0 Å². The summed E-state index contributed by atoms with van der Waals surface area (Å²) in [5, 5.41) is 35.8. The summed E-state index contributed by atoms with van der Waals surface area (Å²) < 4.78 is 0. The van der Waals surface area contributed by atoms with Crippen molar-refractivity contribution in [3.05, 3.63) is 0 Å². The van der Waals surface area contributed by atoms with E-state index in [1.807, 2.05) is 0 Å². The molecule has 0 aliphatic carbocycles. The summed E-state index contributed by atoms with van der Waals surface area (Å²) in [4.78, 5) is 110. The zero-order valence-electron chi connectivity index (χ0n) is 26.4. The van der Waals surface area contributed by atoms with E-state index in [0.29, 0.717) is 13.0 Å². The maximum Gasteiger partial charge on any atom is 0.326 e. The predicted octanol–water partition coefficient (Wildman–Crippen LogP) is -5.83. The summed E-state index contributed by atoms with van der Waals surface area (Å²) in [7, 11) is 0. The number of rotatable bonds is 20. The van der Waals surface area contributed by atoms with Gasteiger partial charge in [0.15, 0.2) is 0 Å². The first-order valence-corrected chi connectivity index (χ1v) is 14.9. The number of amides is 8. The third kappa shape index (κ3) is 14.4. The Morgan fingerprint density at radius 1 is 0.787 bits per heavy atom. The fourth-order valence-corrected chi connectivity index (χ4v) is 4.33. The third-order valence-electron chi connectivity index (χ3n) is 6.97. The number of aliphatic hydroxyl groups is 1. The Kier molecular flexibility index (Phi) is 16.8. The van der Waals surface area contributed by atoms with E-state index in [-0.39, 0.29) is 12.3 Å². The van der Waals surface area contributed by atoms with Crippen molar-refractivity contribution in [2.24, 2.45) is 17.4 Å². The van der Waals surface area contributed by atoms with Gasteiger partial charge in [-0.1, -0.05) is 13.8 Å². The smallest absolute Gasteiger partial charge is 0.326 e. The molecule has 1 saturated heterocycles. The number of aliphatic hydroxyl groups excluding tert-OH is 1. The van der Waals surface area contributed by atoms with Crippen LogP contribution in [-0.2, 0) is 43.2 Å². The number of nitrogens with one attached hydrogen (secondary N) is 7. The molecule has 20 heteroatoms. The standard InChI is InChI=1S/C27H45N9O11/c1-12(2)21(26(45)34-15(6-7-18(28)38)24(43)35-16(27(46)47)9-19(29)39)36-25(44)17(11-37)33-20(40)10-31-22(41)13(3)32-23(42)14-5-4-8-30-14/h12-17,21,30,37H,4-11H2,1-3H3,(H2,28,38)(H2,29,39)(H,31,41)(H,32,42)(H,33,40)(H,34,45)(H,35,43)(H,36,44)(H,46,47). The van der Waals surface area contributed by atoms with Gasteiger partial charge in [0.1, 0.15) is 30.2 Å². The molecule has 0 saturated carbocycles. The van der Waals surface area contributed by atoms with Crippen LogP contribution in [0.4, 0.5) is 0 Å². The molecule has 1 heterocycles. The van der Waals surface area contributed by atoms with Gasteiger partial charge in [-0.3, -0.25) is 38.4 Å². The lowest BCUT2D eigenvalue weighted by atomic mass is 10.0. The Labute approximate surface area is 270 Å². The second-order valence-corrected chi connectivity index (χ2v) is 11.3. The molecule has 1 aliphatic rings. The number of hydrogen-bond donors (Lipinski definition) is 11. The van der Waals surface area contributed by atoms with Crippen molar-refractivity contribution in [2.75, 3.05) is 19.7 Å². The zero-order valence-corrected chi connectivity index (χ0v) is 26.4. The first kappa shape index (κ1) is 40.2. The molecule has 1 rings (SSSR count). The van der Waals surface area contributed by atoms with Crippen molar-refractivity contribution in [3.8, 4) is 0 Å². The van der Waals surface area contributed by atoms with Crippen molar-refractivity contribution >= 4 is 53.2 Å². The topological polar surface area (TPSA) is 330 Å². The lowest BCUT2D eigenvalue weighted by molar-refractivity contribution is -0.144. The monoisotopic (exact) mass is 671 g/mol. The molecular formula is C27H45N9O11. The molecule has 0 radical (unpaired) electrons. The summed E-state index contributed by atoms with van der Waals surface area (Å²) in [5.74, 6) is -9.01. The van der Waals surface area contributed by atoms with E-state index in [1.165, 1.54) is 20.8 Å². The van der Waals surface area contributed by atoms with Crippen molar-refractivity contribution in [1.82, 2.24) is 37.2 Å². The average Bonchev–Trinajstić information content (AvgIpc) is 3.53. The first-order chi connectivity index (χ1) is 22.0. The average molecular weight is 672 g/mol. The molecule has 0 aromatic heterocycles. The van der Waals surface area contributed by atoms with Gasteiger partial charge in [0.25, 0.3) is 0 Å². The number of carboxylic acids is 1. The molecule has 1 fully saturated rings. The minimum atomic E-state index is -1.73. The quantitative estimate of drug-likeness (QED) is 0.0577. The van der Waals surface area contributed by atoms with Gasteiger partial charge < -0.3 is 58.9 Å². The lowest BCUT2D eigenvalue weighted by Crippen LogP contribution is -2.60. The predicted molar refractivity (Wildman–Crippen MR) is 161 cm³/mol. The zero-order chi connectivity index (χ0) is 35.8. The molecule has 13 N–H and O–H groups in total. The molecule has 6 unspecified atom stereocenters. The van der Waals surface area contributed by atoms with Crippen molar-refractivity contribution in [1.29, 1.82) is 0 Å². The van der Waals surface area contributed by atoms with E-state index >= 15 is 0 Å². The fraction of sp³-hybridized carbons (Fsp3) is 0.667. The summed E-state index contributed by atoms with van der Waals surface area (Å²) in [6, 6.07) is -7.57. The van der Waals surface area contributed by atoms with Crippen molar-refractivity contribution in [3.63, 3.8) is 0 Å². The number of carbonyl (C=O) groups excluding carboxylic acids is 8. The summed E-state index contributed by atoms with van der Waals surface area (Å²) in [6.45, 7) is 3.66. The van der Waals surface area contributed by atoms with Gasteiger partial charge in [-0.25, -0.2) is 4.79 Å². The molecule has 20 nitrogen and oxygen atoms in total. The minimum absolute atomic E-state index is 0.359. The third-order valence-corrected chi connectivity index (χ3v) is 6.97. The van der Waals surface area contributed by atoms with Crippen LogP contribution in [0.5, 0.6) is 0 Å². The van der Waals surface area contributed by atoms with Crippen LogP contribution in [0, 0.1) is 5.92 Å². The molecule has 0 spiro atoms. The van der Waals surface area contributed by atoms with Crippen LogP contribution in [0.2, 0.25) is 0 Å². The van der Waals surface area contributed by atoms with Gasteiger partial charge in [-0.05, 0) is 38.6 Å². The highest BCUT2D eigenvalue weighted by molar-refractivity contribution is 5.96. The largest absolute Gasteiger partial charge is 0.480 e. The van der Waals surface area contributed by atoms with Gasteiger partial charge in [0.2, 0.25) is 47.3 Å². The number of primary amides is 2. The van der Waals surface area contributed by atoms with Crippen LogP contribution in [0.15, 0.2) is 0 Å². The molecule has 1 aliphatic heterocycles. The van der Waals surface area contributed by atoms with E-state index in [2.05, 4.69) is 37.2 Å². The summed E-state index contributed by atoms with van der Waals surface area (Å²) in [6.07, 6.45) is -0.0698. The Balaban J connectivity index is 2.84. The van der Waals surface area contributed by atoms with E-state index in [9.17, 15) is 53.4 Å². The maximum atomic E-state index is 13.2. The SMILES string of the molecule is CC(NC(=O)C1CCCN1)C(=O)NCC(=O)NC(CO)C(=O)NC(C(=O)NC(CCC(N)=O)C(=O)NC(CC(N)=O)C(=O)O)C(C)C. The van der Waals surface area contributed by atoms with E-state index in [1.54, 1.807) is 0 Å². The molecule has 0 aromatic carbocycles. The minimum Gasteiger partial charge on any atom is -0.480 e. The Morgan fingerprint density at radius 2 is 1.40 bits per heavy atom. The summed E-state index contributed by atoms with van der Waals surface area (Å²) >= 11 is 0. The van der Waals surface area contributed by atoms with Crippen molar-refractivity contribution in [2.45, 2.75) is 89.1 Å². The normalized spacial score (nSPS) is 17.2. The molecule has 0 bridgehead atoms. The lowest BCUT2D eigenvalue weighted by Gasteiger charge is -2.27. The van der Waals surface area contributed by atoms with E-state index < -0.39 is 115 Å². The van der Waals surface area contributed by atoms with Crippen LogP contribution in [0.3, 0.4) is 0 Å². The molecule has 47 heavy (non-hydrogen) atoms. The van der Waals surface area contributed by atoms with Gasteiger partial charge in [0, 0.05) is 6.42 Å². The van der Waals surface area contributed by atoms with Crippen LogP contribution in [0.25, 0.3) is 0 Å². The molecule has 8 amide bonds. The highest BCUT2D eigenvalue weighted by Crippen LogP contribution is 2.07. The number of aliphatic carboxylic acids is 1. The Bertz CT molecular complexity index is 1190. The second kappa shape index (κ2) is 19.6. The fourth-order valence-electron chi connectivity index (χ4n) is 4.33. The van der Waals surface area contributed by atoms with Crippen LogP contribution >= 0.6 is 0 Å². The van der Waals surface area contributed by atoms with Gasteiger partial charge >= 0.3 is 5.97 Å². The highest BCUT2D eigenvalue weighted by Gasteiger charge is 2.33. The van der Waals surface area contributed by atoms with Gasteiger partial charge in [0.05, 0.1) is 25.6 Å².